The molecule has 2 aromatic carbocycles. The molecule has 0 aromatic heterocycles. The van der Waals surface area contributed by atoms with Crippen LogP contribution in [0.25, 0.3) is 0 Å². The van der Waals surface area contributed by atoms with Crippen LogP contribution in [0, 0.1) is 10.1 Å². The molecule has 0 aliphatic carbocycles. The van der Waals surface area contributed by atoms with Crippen LogP contribution in [-0.4, -0.2) is 43.0 Å². The average molecular weight is 436 g/mol. The Kier molecular flexibility index (Phi) is 8.12. The van der Waals surface area contributed by atoms with Crippen LogP contribution < -0.4 is 15.4 Å². The molecule has 2 amide bonds. The lowest BCUT2D eigenvalue weighted by atomic mass is 10.2. The minimum atomic E-state index is -0.688. The van der Waals surface area contributed by atoms with Crippen molar-refractivity contribution in [1.29, 1.82) is 0 Å². The van der Waals surface area contributed by atoms with Crippen LogP contribution in [0.1, 0.15) is 16.8 Å². The first-order chi connectivity index (χ1) is 14.3. The third kappa shape index (κ3) is 6.74. The van der Waals surface area contributed by atoms with E-state index in [-0.39, 0.29) is 24.2 Å². The van der Waals surface area contributed by atoms with E-state index in [1.165, 1.54) is 37.4 Å². The number of benzene rings is 2. The third-order valence-corrected chi connectivity index (χ3v) is 3.99. The van der Waals surface area contributed by atoms with Crippen molar-refractivity contribution in [2.75, 3.05) is 25.6 Å². The number of amides is 2. The molecule has 0 saturated heterocycles. The molecule has 0 bridgehead atoms. The van der Waals surface area contributed by atoms with Crippen molar-refractivity contribution in [1.82, 2.24) is 5.32 Å². The normalized spacial score (nSPS) is 10.1. The Labute approximate surface area is 176 Å². The number of methoxy groups -OCH3 is 1. The van der Waals surface area contributed by atoms with Gasteiger partial charge in [0.25, 0.3) is 17.5 Å². The van der Waals surface area contributed by atoms with Crippen molar-refractivity contribution in [2.24, 2.45) is 0 Å². The molecule has 0 spiro atoms. The lowest BCUT2D eigenvalue weighted by Gasteiger charge is -2.11. The maximum atomic E-state index is 11.9. The molecule has 0 aliphatic heterocycles. The van der Waals surface area contributed by atoms with Gasteiger partial charge in [0, 0.05) is 29.3 Å². The number of hydrogen-bond acceptors (Lipinski definition) is 7. The minimum Gasteiger partial charge on any atom is -0.495 e. The highest BCUT2D eigenvalue weighted by Gasteiger charge is 2.13. The Balaban J connectivity index is 1.73. The van der Waals surface area contributed by atoms with E-state index in [4.69, 9.17) is 21.1 Å². The van der Waals surface area contributed by atoms with Gasteiger partial charge in [0.2, 0.25) is 0 Å². The molecule has 0 aliphatic rings. The number of carbonyl (C=O) groups is 3. The zero-order valence-corrected chi connectivity index (χ0v) is 16.6. The first kappa shape index (κ1) is 22.6. The predicted molar refractivity (Wildman–Crippen MR) is 108 cm³/mol. The molecule has 0 heterocycles. The highest BCUT2D eigenvalue weighted by Crippen LogP contribution is 2.27. The third-order valence-electron chi connectivity index (χ3n) is 3.75. The van der Waals surface area contributed by atoms with E-state index in [0.717, 1.165) is 0 Å². The molecular formula is C19H18ClN3O7. The molecule has 2 N–H and O–H groups in total. The molecule has 10 nitrogen and oxygen atoms in total. The van der Waals surface area contributed by atoms with Crippen molar-refractivity contribution in [2.45, 2.75) is 6.42 Å². The summed E-state index contributed by atoms with van der Waals surface area (Å²) in [6, 6.07) is 9.69. The topological polar surface area (TPSA) is 137 Å². The van der Waals surface area contributed by atoms with Crippen LogP contribution >= 0.6 is 11.6 Å². The van der Waals surface area contributed by atoms with E-state index in [9.17, 15) is 24.5 Å². The number of hydrogen-bond donors (Lipinski definition) is 2. The second-order valence-corrected chi connectivity index (χ2v) is 6.30. The smallest absolute Gasteiger partial charge is 0.308 e. The maximum absolute atomic E-state index is 11.9. The first-order valence-corrected chi connectivity index (χ1v) is 8.99. The number of rotatable bonds is 9. The molecule has 0 unspecified atom stereocenters. The summed E-state index contributed by atoms with van der Waals surface area (Å²) in [7, 11) is 1.43. The number of esters is 1. The average Bonchev–Trinajstić information content (AvgIpc) is 2.72. The summed E-state index contributed by atoms with van der Waals surface area (Å²) >= 11 is 5.88. The molecule has 0 atom stereocenters. The quantitative estimate of drug-likeness (QED) is 0.350. The summed E-state index contributed by atoms with van der Waals surface area (Å²) in [5.41, 5.74) is 0.411. The number of ether oxygens (including phenoxy) is 2. The Morgan fingerprint density at radius 3 is 2.47 bits per heavy atom. The molecule has 30 heavy (non-hydrogen) atoms. The van der Waals surface area contributed by atoms with E-state index in [2.05, 4.69) is 10.6 Å². The van der Waals surface area contributed by atoms with Gasteiger partial charge in [-0.15, -0.1) is 0 Å². The molecule has 2 rings (SSSR count). The molecule has 0 fully saturated rings. The molecule has 158 valence electrons. The molecule has 0 radical (unpaired) electrons. The first-order valence-electron chi connectivity index (χ1n) is 8.62. The Morgan fingerprint density at radius 1 is 1.13 bits per heavy atom. The van der Waals surface area contributed by atoms with Crippen molar-refractivity contribution >= 4 is 40.8 Å². The number of carbonyl (C=O) groups excluding carboxylic acids is 3. The molecule has 2 aromatic rings. The Hall–Kier alpha value is -3.66. The minimum absolute atomic E-state index is 0.0294. The fourth-order valence-corrected chi connectivity index (χ4v) is 2.47. The predicted octanol–water partition coefficient (Wildman–Crippen LogP) is 2.56. The van der Waals surface area contributed by atoms with Gasteiger partial charge in [0.1, 0.15) is 5.75 Å². The van der Waals surface area contributed by atoms with E-state index in [0.29, 0.717) is 16.5 Å². The van der Waals surface area contributed by atoms with Gasteiger partial charge in [0.05, 0.1) is 24.1 Å². The zero-order chi connectivity index (χ0) is 22.1. The molecule has 0 saturated carbocycles. The highest BCUT2D eigenvalue weighted by atomic mass is 35.5. The van der Waals surface area contributed by atoms with Gasteiger partial charge in [-0.05, 0) is 30.3 Å². The van der Waals surface area contributed by atoms with E-state index in [1.807, 2.05) is 0 Å². The standard InChI is InChI=1S/C19H18ClN3O7/c1-29-16-7-4-13(20)10-15(16)22-17(24)11-30-18(25)8-9-21-19(26)12-2-5-14(6-3-12)23(27)28/h2-7,10H,8-9,11H2,1H3,(H,21,26)(H,22,24). The number of nitrogens with one attached hydrogen (secondary N) is 2. The van der Waals surface area contributed by atoms with Crippen LogP contribution in [0.15, 0.2) is 42.5 Å². The summed E-state index contributed by atoms with van der Waals surface area (Å²) in [4.78, 5) is 45.6. The summed E-state index contributed by atoms with van der Waals surface area (Å²) in [5.74, 6) is -1.37. The lowest BCUT2D eigenvalue weighted by molar-refractivity contribution is -0.384. The van der Waals surface area contributed by atoms with E-state index < -0.39 is 29.3 Å². The van der Waals surface area contributed by atoms with Gasteiger partial charge in [-0.1, -0.05) is 11.6 Å². The maximum Gasteiger partial charge on any atom is 0.308 e. The molecular weight excluding hydrogens is 418 g/mol. The second-order valence-electron chi connectivity index (χ2n) is 5.86. The lowest BCUT2D eigenvalue weighted by Crippen LogP contribution is -2.27. The SMILES string of the molecule is COc1ccc(Cl)cc1NC(=O)COC(=O)CCNC(=O)c1ccc([N+](=O)[O-])cc1. The van der Waals surface area contributed by atoms with Crippen LogP contribution in [0.2, 0.25) is 5.02 Å². The van der Waals surface area contributed by atoms with Crippen LogP contribution in [0.4, 0.5) is 11.4 Å². The number of nitrogens with zero attached hydrogens (tertiary/aromatic N) is 1. The summed E-state index contributed by atoms with van der Waals surface area (Å²) in [6.45, 7) is -0.552. The summed E-state index contributed by atoms with van der Waals surface area (Å²) in [5, 5.41) is 16.0. The van der Waals surface area contributed by atoms with Gasteiger partial charge >= 0.3 is 5.97 Å². The largest absolute Gasteiger partial charge is 0.495 e. The second kappa shape index (κ2) is 10.8. The zero-order valence-electron chi connectivity index (χ0n) is 15.8. The van der Waals surface area contributed by atoms with Crippen LogP contribution in [0.3, 0.4) is 0 Å². The summed E-state index contributed by atoms with van der Waals surface area (Å²) in [6.07, 6.45) is -0.160. The van der Waals surface area contributed by atoms with Crippen molar-refractivity contribution in [3.05, 3.63) is 63.2 Å². The summed E-state index contributed by atoms with van der Waals surface area (Å²) < 4.78 is 9.96. The number of nitro groups is 1. The fourth-order valence-electron chi connectivity index (χ4n) is 2.30. The Bertz CT molecular complexity index is 948. The van der Waals surface area contributed by atoms with Crippen molar-refractivity contribution in [3.63, 3.8) is 0 Å². The van der Waals surface area contributed by atoms with Gasteiger partial charge < -0.3 is 20.1 Å². The van der Waals surface area contributed by atoms with Gasteiger partial charge in [0.15, 0.2) is 6.61 Å². The van der Waals surface area contributed by atoms with Gasteiger partial charge in [-0.2, -0.15) is 0 Å². The fraction of sp³-hybridized carbons (Fsp3) is 0.211. The van der Waals surface area contributed by atoms with Crippen molar-refractivity contribution < 1.29 is 28.8 Å². The number of halogens is 1. The molecule has 11 heteroatoms. The van der Waals surface area contributed by atoms with E-state index in [1.54, 1.807) is 12.1 Å². The van der Waals surface area contributed by atoms with E-state index >= 15 is 0 Å². The number of non-ortho nitro benzene ring substituents is 1. The highest BCUT2D eigenvalue weighted by molar-refractivity contribution is 6.31. The van der Waals surface area contributed by atoms with Gasteiger partial charge in [-0.3, -0.25) is 24.5 Å². The monoisotopic (exact) mass is 435 g/mol. The van der Waals surface area contributed by atoms with Crippen molar-refractivity contribution in [3.8, 4) is 5.75 Å². The van der Waals surface area contributed by atoms with Crippen LogP contribution in [-0.2, 0) is 14.3 Å². The Morgan fingerprint density at radius 2 is 1.83 bits per heavy atom. The number of anilines is 1. The number of nitro benzene ring substituents is 1. The van der Waals surface area contributed by atoms with Crippen LogP contribution in [0.5, 0.6) is 5.75 Å². The van der Waals surface area contributed by atoms with Gasteiger partial charge in [-0.25, -0.2) is 0 Å².